The summed E-state index contributed by atoms with van der Waals surface area (Å²) in [6.07, 6.45) is 0. The summed E-state index contributed by atoms with van der Waals surface area (Å²) in [6.45, 7) is 6.98. The Morgan fingerprint density at radius 1 is 1.25 bits per heavy atom. The molecule has 1 aromatic rings. The monoisotopic (exact) mass is 221 g/mol. The van der Waals surface area contributed by atoms with Crippen molar-refractivity contribution in [3.63, 3.8) is 0 Å². The lowest BCUT2D eigenvalue weighted by atomic mass is 9.99. The van der Waals surface area contributed by atoms with Gasteiger partial charge in [0.1, 0.15) is 0 Å². The molecule has 0 aliphatic heterocycles. The molecule has 0 heterocycles. The molecule has 1 rings (SSSR count). The minimum absolute atomic E-state index is 0.0761. The van der Waals surface area contributed by atoms with E-state index in [1.54, 1.807) is 0 Å². The lowest BCUT2D eigenvalue weighted by Crippen LogP contribution is -2.25. The molecule has 3 nitrogen and oxygen atoms in total. The number of hydrogen-bond acceptors (Lipinski definition) is 2. The fraction of sp³-hybridized carbons (Fsp3) is 0.462. The third-order valence-corrected chi connectivity index (χ3v) is 2.67. The van der Waals surface area contributed by atoms with E-state index in [0.717, 1.165) is 0 Å². The van der Waals surface area contributed by atoms with E-state index in [2.05, 4.69) is 32.9 Å². The number of carboxylic acids is 1. The quantitative estimate of drug-likeness (QED) is 0.846. The molecule has 0 amide bonds. The maximum atomic E-state index is 10.6. The van der Waals surface area contributed by atoms with Crippen LogP contribution in [0.5, 0.6) is 0 Å². The van der Waals surface area contributed by atoms with Crippen molar-refractivity contribution in [2.75, 3.05) is 13.6 Å². The summed E-state index contributed by atoms with van der Waals surface area (Å²) in [6, 6.07) is 4.27. The molecule has 0 saturated heterocycles. The van der Waals surface area contributed by atoms with Gasteiger partial charge in [-0.3, -0.25) is 9.69 Å². The molecule has 88 valence electrons. The highest BCUT2D eigenvalue weighted by molar-refractivity contribution is 5.69. The summed E-state index contributed by atoms with van der Waals surface area (Å²) in [5.41, 5.74) is 4.94. The fourth-order valence-electron chi connectivity index (χ4n) is 2.02. The highest BCUT2D eigenvalue weighted by Gasteiger charge is 2.09. The maximum Gasteiger partial charge on any atom is 0.317 e. The third-order valence-electron chi connectivity index (χ3n) is 2.67. The molecule has 0 fully saturated rings. The molecular weight excluding hydrogens is 202 g/mol. The topological polar surface area (TPSA) is 40.5 Å². The van der Waals surface area contributed by atoms with E-state index >= 15 is 0 Å². The Morgan fingerprint density at radius 2 is 1.75 bits per heavy atom. The second-order valence-electron chi connectivity index (χ2n) is 4.44. The standard InChI is InChI=1S/C13H19NO2/c1-9-5-10(2)12(11(3)6-9)7-14(4)8-13(15)16/h5-6H,7-8H2,1-4H3,(H,15,16). The number of carbonyl (C=O) groups is 1. The van der Waals surface area contributed by atoms with Crippen molar-refractivity contribution in [2.45, 2.75) is 27.3 Å². The van der Waals surface area contributed by atoms with E-state index in [4.69, 9.17) is 5.11 Å². The van der Waals surface area contributed by atoms with Crippen molar-refractivity contribution >= 4 is 5.97 Å². The number of carboxylic acid groups (broad SMARTS) is 1. The lowest BCUT2D eigenvalue weighted by Gasteiger charge is -2.18. The Bertz CT molecular complexity index is 376. The number of nitrogens with zero attached hydrogens (tertiary/aromatic N) is 1. The number of aryl methyl sites for hydroxylation is 3. The molecule has 0 bridgehead atoms. The van der Waals surface area contributed by atoms with Crippen LogP contribution in [0.4, 0.5) is 0 Å². The smallest absolute Gasteiger partial charge is 0.317 e. The molecule has 0 unspecified atom stereocenters. The van der Waals surface area contributed by atoms with Crippen molar-refractivity contribution in [1.82, 2.24) is 4.90 Å². The van der Waals surface area contributed by atoms with Gasteiger partial charge in [0.2, 0.25) is 0 Å². The Kier molecular flexibility index (Phi) is 4.07. The van der Waals surface area contributed by atoms with Crippen LogP contribution in [-0.4, -0.2) is 29.6 Å². The van der Waals surface area contributed by atoms with Crippen LogP contribution in [0.2, 0.25) is 0 Å². The van der Waals surface area contributed by atoms with Gasteiger partial charge < -0.3 is 5.11 Å². The van der Waals surface area contributed by atoms with Gasteiger partial charge >= 0.3 is 5.97 Å². The van der Waals surface area contributed by atoms with E-state index in [9.17, 15) is 4.79 Å². The Hall–Kier alpha value is -1.35. The molecule has 0 aliphatic rings. The van der Waals surface area contributed by atoms with Gasteiger partial charge in [0, 0.05) is 6.54 Å². The van der Waals surface area contributed by atoms with Crippen molar-refractivity contribution in [3.05, 3.63) is 34.4 Å². The van der Waals surface area contributed by atoms with Crippen molar-refractivity contribution in [3.8, 4) is 0 Å². The Labute approximate surface area is 96.7 Å². The van der Waals surface area contributed by atoms with Crippen LogP contribution in [0.25, 0.3) is 0 Å². The first-order valence-electron chi connectivity index (χ1n) is 5.37. The Morgan fingerprint density at radius 3 is 2.19 bits per heavy atom. The highest BCUT2D eigenvalue weighted by Crippen LogP contribution is 2.17. The average molecular weight is 221 g/mol. The van der Waals surface area contributed by atoms with E-state index in [-0.39, 0.29) is 6.54 Å². The molecule has 3 heteroatoms. The van der Waals surface area contributed by atoms with Gasteiger partial charge in [-0.25, -0.2) is 0 Å². The van der Waals surface area contributed by atoms with Gasteiger partial charge in [-0.1, -0.05) is 17.7 Å². The zero-order valence-corrected chi connectivity index (χ0v) is 10.4. The summed E-state index contributed by atoms with van der Waals surface area (Å²) in [5.74, 6) is -0.787. The summed E-state index contributed by atoms with van der Waals surface area (Å²) in [7, 11) is 1.83. The first kappa shape index (κ1) is 12.7. The second-order valence-corrected chi connectivity index (χ2v) is 4.44. The van der Waals surface area contributed by atoms with E-state index in [0.29, 0.717) is 6.54 Å². The van der Waals surface area contributed by atoms with Crippen molar-refractivity contribution < 1.29 is 9.90 Å². The summed E-state index contributed by atoms with van der Waals surface area (Å²) in [5, 5.41) is 8.70. The van der Waals surface area contributed by atoms with Gasteiger partial charge in [-0.2, -0.15) is 0 Å². The molecule has 0 saturated carbocycles. The summed E-state index contributed by atoms with van der Waals surface area (Å²) < 4.78 is 0. The number of likely N-dealkylation sites (N-methyl/N-ethyl adjacent to an activating group) is 1. The van der Waals surface area contributed by atoms with Crippen LogP contribution in [0, 0.1) is 20.8 Å². The van der Waals surface area contributed by atoms with Gasteiger partial charge in [0.15, 0.2) is 0 Å². The van der Waals surface area contributed by atoms with Crippen LogP contribution >= 0.6 is 0 Å². The van der Waals surface area contributed by atoms with Crippen molar-refractivity contribution in [2.24, 2.45) is 0 Å². The normalized spacial score (nSPS) is 10.8. The van der Waals surface area contributed by atoms with Gasteiger partial charge in [0.05, 0.1) is 6.54 Å². The molecule has 16 heavy (non-hydrogen) atoms. The SMILES string of the molecule is Cc1cc(C)c(CN(C)CC(=O)O)c(C)c1. The van der Waals surface area contributed by atoms with Gasteiger partial charge in [-0.05, 0) is 44.5 Å². The van der Waals surface area contributed by atoms with Crippen molar-refractivity contribution in [1.29, 1.82) is 0 Å². The molecule has 0 radical (unpaired) electrons. The number of aliphatic carboxylic acids is 1. The minimum Gasteiger partial charge on any atom is -0.480 e. The van der Waals surface area contributed by atoms with Crippen LogP contribution < -0.4 is 0 Å². The predicted octanol–water partition coefficient (Wildman–Crippen LogP) is 2.13. The molecular formula is C13H19NO2. The van der Waals surface area contributed by atoms with Crippen LogP contribution in [0.1, 0.15) is 22.3 Å². The van der Waals surface area contributed by atoms with E-state index < -0.39 is 5.97 Å². The van der Waals surface area contributed by atoms with E-state index in [1.165, 1.54) is 22.3 Å². The van der Waals surface area contributed by atoms with Gasteiger partial charge in [0.25, 0.3) is 0 Å². The largest absolute Gasteiger partial charge is 0.480 e. The van der Waals surface area contributed by atoms with Gasteiger partial charge in [-0.15, -0.1) is 0 Å². The second kappa shape index (κ2) is 5.12. The summed E-state index contributed by atoms with van der Waals surface area (Å²) in [4.78, 5) is 12.4. The average Bonchev–Trinajstić information content (AvgIpc) is 2.09. The fourth-order valence-corrected chi connectivity index (χ4v) is 2.02. The number of hydrogen-bond donors (Lipinski definition) is 1. The lowest BCUT2D eigenvalue weighted by molar-refractivity contribution is -0.138. The zero-order valence-electron chi connectivity index (χ0n) is 10.4. The molecule has 0 atom stereocenters. The molecule has 1 aromatic carbocycles. The first-order chi connectivity index (χ1) is 7.40. The minimum atomic E-state index is -0.787. The maximum absolute atomic E-state index is 10.6. The first-order valence-corrected chi connectivity index (χ1v) is 5.37. The molecule has 1 N–H and O–H groups in total. The van der Waals surface area contributed by atoms with Crippen LogP contribution in [-0.2, 0) is 11.3 Å². The number of rotatable bonds is 4. The number of benzene rings is 1. The highest BCUT2D eigenvalue weighted by atomic mass is 16.4. The summed E-state index contributed by atoms with van der Waals surface area (Å²) >= 11 is 0. The molecule has 0 aliphatic carbocycles. The Balaban J connectivity index is 2.85. The predicted molar refractivity (Wildman–Crippen MR) is 64.6 cm³/mol. The van der Waals surface area contributed by atoms with E-state index in [1.807, 2.05) is 11.9 Å². The third kappa shape index (κ3) is 3.35. The van der Waals surface area contributed by atoms with Crippen LogP contribution in [0.3, 0.4) is 0 Å². The van der Waals surface area contributed by atoms with Crippen LogP contribution in [0.15, 0.2) is 12.1 Å². The molecule has 0 spiro atoms. The molecule has 0 aromatic heterocycles. The zero-order chi connectivity index (χ0) is 12.3.